The molecule has 0 aliphatic rings. The summed E-state index contributed by atoms with van der Waals surface area (Å²) in [5.41, 5.74) is 0.717. The van der Waals surface area contributed by atoms with Gasteiger partial charge >= 0.3 is 5.97 Å². The summed E-state index contributed by atoms with van der Waals surface area (Å²) in [5, 5.41) is 17.5. The molecule has 0 aliphatic heterocycles. The summed E-state index contributed by atoms with van der Waals surface area (Å²) in [6.45, 7) is 0.121. The third-order valence-electron chi connectivity index (χ3n) is 2.24. The molecule has 0 amide bonds. The lowest BCUT2D eigenvalue weighted by molar-refractivity contribution is -0.137. The van der Waals surface area contributed by atoms with E-state index in [0.717, 1.165) is 5.56 Å². The molecule has 0 saturated heterocycles. The van der Waals surface area contributed by atoms with Gasteiger partial charge in [-0.1, -0.05) is 12.1 Å². The van der Waals surface area contributed by atoms with Crippen molar-refractivity contribution in [1.29, 1.82) is 0 Å². The van der Waals surface area contributed by atoms with Crippen LogP contribution in [0.4, 0.5) is 0 Å². The van der Waals surface area contributed by atoms with Gasteiger partial charge in [0.2, 0.25) is 10.0 Å². The van der Waals surface area contributed by atoms with Crippen LogP contribution in [-0.4, -0.2) is 30.4 Å². The van der Waals surface area contributed by atoms with E-state index in [2.05, 4.69) is 4.72 Å². The second-order valence-electron chi connectivity index (χ2n) is 3.80. The molecule has 0 atom stereocenters. The Morgan fingerprint density at radius 1 is 1.22 bits per heavy atom. The minimum Gasteiger partial charge on any atom is -0.508 e. The van der Waals surface area contributed by atoms with E-state index in [0.29, 0.717) is 0 Å². The summed E-state index contributed by atoms with van der Waals surface area (Å²) in [5.74, 6) is -1.11. The zero-order valence-electron chi connectivity index (χ0n) is 9.67. The first kappa shape index (κ1) is 14.5. The summed E-state index contributed by atoms with van der Waals surface area (Å²) >= 11 is 0. The molecule has 100 valence electrons. The van der Waals surface area contributed by atoms with E-state index in [9.17, 15) is 13.2 Å². The van der Waals surface area contributed by atoms with Crippen LogP contribution < -0.4 is 4.72 Å². The van der Waals surface area contributed by atoms with Gasteiger partial charge in [-0.2, -0.15) is 0 Å². The molecule has 0 spiro atoms. The topological polar surface area (TPSA) is 104 Å². The summed E-state index contributed by atoms with van der Waals surface area (Å²) in [7, 11) is -3.46. The second-order valence-corrected chi connectivity index (χ2v) is 5.73. The monoisotopic (exact) mass is 273 g/mol. The number of carbonyl (C=O) groups is 1. The molecule has 0 bridgehead atoms. The van der Waals surface area contributed by atoms with E-state index >= 15 is 0 Å². The third kappa shape index (κ3) is 5.65. The molecule has 1 aromatic carbocycles. The number of benzene rings is 1. The Morgan fingerprint density at radius 3 is 2.39 bits per heavy atom. The Morgan fingerprint density at radius 2 is 1.83 bits per heavy atom. The maximum absolute atomic E-state index is 11.5. The molecular weight excluding hydrogens is 258 g/mol. The molecule has 0 saturated carbocycles. The van der Waals surface area contributed by atoms with Crippen molar-refractivity contribution >= 4 is 16.0 Å². The Kier molecular flexibility index (Phi) is 5.11. The number of aromatic hydroxyl groups is 1. The first-order valence-corrected chi connectivity index (χ1v) is 7.01. The average Bonchev–Trinajstić information content (AvgIpc) is 2.27. The van der Waals surface area contributed by atoms with E-state index in [-0.39, 0.29) is 30.9 Å². The van der Waals surface area contributed by atoms with E-state index < -0.39 is 16.0 Å². The number of phenolic OH excluding ortho intramolecular Hbond substituents is 1. The predicted octanol–water partition coefficient (Wildman–Crippen LogP) is 0.676. The fraction of sp³-hybridized carbons (Fsp3) is 0.364. The highest BCUT2D eigenvalue weighted by molar-refractivity contribution is 7.89. The number of sulfonamides is 1. The highest BCUT2D eigenvalue weighted by atomic mass is 32.2. The molecule has 0 aliphatic carbocycles. The van der Waals surface area contributed by atoms with Gasteiger partial charge in [0.05, 0.1) is 5.75 Å². The van der Waals surface area contributed by atoms with E-state index in [1.165, 1.54) is 12.1 Å². The predicted molar refractivity (Wildman–Crippen MR) is 65.6 cm³/mol. The maximum atomic E-state index is 11.5. The van der Waals surface area contributed by atoms with Crippen molar-refractivity contribution in [3.63, 3.8) is 0 Å². The van der Waals surface area contributed by atoms with Crippen LogP contribution >= 0.6 is 0 Å². The minimum atomic E-state index is -3.46. The number of aliphatic carboxylic acids is 1. The first-order chi connectivity index (χ1) is 8.39. The Balaban J connectivity index is 2.41. The Labute approximate surface area is 105 Å². The van der Waals surface area contributed by atoms with Crippen molar-refractivity contribution in [2.24, 2.45) is 0 Å². The summed E-state index contributed by atoms with van der Waals surface area (Å²) in [6.07, 6.45) is -0.0830. The van der Waals surface area contributed by atoms with Gasteiger partial charge in [-0.3, -0.25) is 4.79 Å². The van der Waals surface area contributed by atoms with E-state index in [1.54, 1.807) is 12.1 Å². The number of hydrogen-bond acceptors (Lipinski definition) is 4. The van der Waals surface area contributed by atoms with Gasteiger partial charge in [-0.05, 0) is 24.1 Å². The molecule has 1 aromatic rings. The second kappa shape index (κ2) is 6.36. The molecule has 7 heteroatoms. The summed E-state index contributed by atoms with van der Waals surface area (Å²) < 4.78 is 25.4. The molecule has 0 heterocycles. The average molecular weight is 273 g/mol. The van der Waals surface area contributed by atoms with Crippen LogP contribution in [-0.2, 0) is 21.4 Å². The van der Waals surface area contributed by atoms with Crippen LogP contribution in [0.15, 0.2) is 24.3 Å². The van der Waals surface area contributed by atoms with Gasteiger partial charge in [-0.25, -0.2) is 13.1 Å². The number of carboxylic acid groups (broad SMARTS) is 1. The Bertz CT molecular complexity index is 495. The lowest BCUT2D eigenvalue weighted by atomic mass is 10.2. The van der Waals surface area contributed by atoms with Crippen molar-refractivity contribution in [2.75, 3.05) is 5.75 Å². The number of carboxylic acids is 1. The molecule has 0 fully saturated rings. The molecule has 0 aromatic heterocycles. The molecule has 0 unspecified atom stereocenters. The largest absolute Gasteiger partial charge is 0.508 e. The van der Waals surface area contributed by atoms with Crippen LogP contribution in [0.3, 0.4) is 0 Å². The van der Waals surface area contributed by atoms with E-state index in [4.69, 9.17) is 10.2 Å². The summed E-state index contributed by atoms with van der Waals surface area (Å²) in [6, 6.07) is 6.15. The van der Waals surface area contributed by atoms with Crippen molar-refractivity contribution in [2.45, 2.75) is 19.4 Å². The van der Waals surface area contributed by atoms with Crippen molar-refractivity contribution in [3.8, 4) is 5.75 Å². The highest BCUT2D eigenvalue weighted by Gasteiger charge is 2.10. The van der Waals surface area contributed by atoms with Gasteiger partial charge < -0.3 is 10.2 Å². The molecule has 3 N–H and O–H groups in total. The molecule has 6 nitrogen and oxygen atoms in total. The van der Waals surface area contributed by atoms with Gasteiger partial charge in [0.15, 0.2) is 0 Å². The third-order valence-corrected chi connectivity index (χ3v) is 3.65. The fourth-order valence-corrected chi connectivity index (χ4v) is 2.35. The SMILES string of the molecule is O=C(O)CCCS(=O)(=O)NCc1ccc(O)cc1. The standard InChI is InChI=1S/C11H15NO5S/c13-10-5-3-9(4-6-10)8-12-18(16,17)7-1-2-11(14)15/h3-6,12-13H,1-2,7-8H2,(H,14,15). The van der Waals surface area contributed by atoms with Crippen LogP contribution in [0, 0.1) is 0 Å². The number of nitrogens with one attached hydrogen (secondary N) is 1. The molecular formula is C11H15NO5S. The van der Waals surface area contributed by atoms with Gasteiger partial charge in [-0.15, -0.1) is 0 Å². The van der Waals surface area contributed by atoms with Crippen LogP contribution in [0.25, 0.3) is 0 Å². The lowest BCUT2D eigenvalue weighted by Gasteiger charge is -2.06. The van der Waals surface area contributed by atoms with Crippen molar-refractivity contribution in [3.05, 3.63) is 29.8 Å². The first-order valence-electron chi connectivity index (χ1n) is 5.36. The minimum absolute atomic E-state index is 0.0836. The highest BCUT2D eigenvalue weighted by Crippen LogP contribution is 2.09. The molecule has 1 rings (SSSR count). The molecule has 18 heavy (non-hydrogen) atoms. The van der Waals surface area contributed by atoms with Crippen LogP contribution in [0.5, 0.6) is 5.75 Å². The quantitative estimate of drug-likeness (QED) is 0.677. The van der Waals surface area contributed by atoms with Crippen LogP contribution in [0.1, 0.15) is 18.4 Å². The zero-order valence-corrected chi connectivity index (χ0v) is 10.5. The summed E-state index contributed by atoms with van der Waals surface area (Å²) in [4.78, 5) is 10.3. The normalized spacial score (nSPS) is 11.3. The van der Waals surface area contributed by atoms with Gasteiger partial charge in [0.25, 0.3) is 0 Å². The van der Waals surface area contributed by atoms with Crippen molar-refractivity contribution < 1.29 is 23.4 Å². The maximum Gasteiger partial charge on any atom is 0.303 e. The van der Waals surface area contributed by atoms with E-state index in [1.807, 2.05) is 0 Å². The van der Waals surface area contributed by atoms with Gasteiger partial charge in [0.1, 0.15) is 5.75 Å². The zero-order chi connectivity index (χ0) is 13.6. The number of rotatable bonds is 7. The lowest BCUT2D eigenvalue weighted by Crippen LogP contribution is -2.26. The van der Waals surface area contributed by atoms with Crippen LogP contribution in [0.2, 0.25) is 0 Å². The number of hydrogen-bond donors (Lipinski definition) is 3. The smallest absolute Gasteiger partial charge is 0.303 e. The van der Waals surface area contributed by atoms with Crippen molar-refractivity contribution in [1.82, 2.24) is 4.72 Å². The fourth-order valence-electron chi connectivity index (χ4n) is 1.29. The number of phenols is 1. The molecule has 0 radical (unpaired) electrons. The van der Waals surface area contributed by atoms with Gasteiger partial charge in [0, 0.05) is 13.0 Å². The Hall–Kier alpha value is -1.60.